The van der Waals surface area contributed by atoms with Crippen molar-refractivity contribution >= 4 is 11.8 Å². The molecule has 106 valence electrons. The van der Waals surface area contributed by atoms with Crippen molar-refractivity contribution in [2.75, 3.05) is 0 Å². The van der Waals surface area contributed by atoms with E-state index in [1.165, 1.54) is 4.90 Å². The van der Waals surface area contributed by atoms with E-state index in [9.17, 15) is 9.59 Å². The number of carbonyl (C=O) groups is 2. The van der Waals surface area contributed by atoms with E-state index < -0.39 is 0 Å². The lowest BCUT2D eigenvalue weighted by Crippen LogP contribution is -2.42. The fourth-order valence-corrected chi connectivity index (χ4v) is 3.09. The van der Waals surface area contributed by atoms with Gasteiger partial charge in [-0.2, -0.15) is 0 Å². The van der Waals surface area contributed by atoms with Crippen LogP contribution in [-0.4, -0.2) is 33.8 Å². The summed E-state index contributed by atoms with van der Waals surface area (Å²) in [5, 5.41) is 3.16. The maximum absolute atomic E-state index is 12.3. The van der Waals surface area contributed by atoms with Gasteiger partial charge in [0.2, 0.25) is 11.8 Å². The molecule has 2 amide bonds. The van der Waals surface area contributed by atoms with E-state index in [2.05, 4.69) is 10.3 Å². The number of imide groups is 1. The maximum Gasteiger partial charge on any atom is 0.247 e. The van der Waals surface area contributed by atoms with Crippen LogP contribution in [0, 0.1) is 0 Å². The highest BCUT2D eigenvalue weighted by atomic mass is 16.2. The molecule has 1 atom stereocenters. The van der Waals surface area contributed by atoms with Crippen molar-refractivity contribution in [1.82, 2.24) is 15.2 Å². The highest BCUT2D eigenvalue weighted by Gasteiger charge is 2.42. The minimum Gasteiger partial charge on any atom is -0.300 e. The molecule has 2 fully saturated rings. The van der Waals surface area contributed by atoms with E-state index in [1.54, 1.807) is 6.20 Å². The predicted molar refractivity (Wildman–Crippen MR) is 73.6 cm³/mol. The lowest BCUT2D eigenvalue weighted by atomic mass is 10.2. The quantitative estimate of drug-likeness (QED) is 0.838. The van der Waals surface area contributed by atoms with E-state index in [0.29, 0.717) is 6.54 Å². The summed E-state index contributed by atoms with van der Waals surface area (Å²) in [6, 6.07) is 5.43. The normalized spacial score (nSPS) is 23.8. The van der Waals surface area contributed by atoms with E-state index in [1.807, 2.05) is 18.2 Å². The molecule has 5 nitrogen and oxygen atoms in total. The molecule has 20 heavy (non-hydrogen) atoms. The highest BCUT2D eigenvalue weighted by Crippen LogP contribution is 2.28. The van der Waals surface area contributed by atoms with Crippen molar-refractivity contribution in [3.8, 4) is 0 Å². The van der Waals surface area contributed by atoms with Gasteiger partial charge in [-0.05, 0) is 25.0 Å². The molecule has 0 spiro atoms. The van der Waals surface area contributed by atoms with Crippen LogP contribution in [0.2, 0.25) is 0 Å². The molecule has 0 bridgehead atoms. The third-order valence-corrected chi connectivity index (χ3v) is 4.13. The van der Waals surface area contributed by atoms with Gasteiger partial charge in [-0.3, -0.25) is 24.8 Å². The van der Waals surface area contributed by atoms with Gasteiger partial charge in [-0.1, -0.05) is 18.9 Å². The molecule has 1 N–H and O–H groups in total. The van der Waals surface area contributed by atoms with Crippen LogP contribution in [-0.2, 0) is 16.1 Å². The molecule has 1 unspecified atom stereocenters. The molecule has 1 saturated heterocycles. The Bertz CT molecular complexity index is 497. The van der Waals surface area contributed by atoms with Crippen molar-refractivity contribution in [1.29, 1.82) is 0 Å². The third kappa shape index (κ3) is 2.58. The molecule has 1 saturated carbocycles. The number of carbonyl (C=O) groups excluding carboxylic acids is 2. The van der Waals surface area contributed by atoms with Crippen LogP contribution in [0.5, 0.6) is 0 Å². The number of hydrogen-bond acceptors (Lipinski definition) is 4. The van der Waals surface area contributed by atoms with Gasteiger partial charge in [0.05, 0.1) is 18.2 Å². The summed E-state index contributed by atoms with van der Waals surface area (Å²) in [5.74, 6) is -0.0850. The smallest absolute Gasteiger partial charge is 0.247 e. The van der Waals surface area contributed by atoms with Crippen molar-refractivity contribution in [3.63, 3.8) is 0 Å². The van der Waals surface area contributed by atoms with E-state index in [0.717, 1.165) is 31.4 Å². The summed E-state index contributed by atoms with van der Waals surface area (Å²) in [6.45, 7) is 0.517. The lowest BCUT2D eigenvalue weighted by molar-refractivity contribution is -0.141. The minimum absolute atomic E-state index is 0.0274. The molecule has 0 radical (unpaired) electrons. The molecule has 1 aliphatic carbocycles. The number of rotatable bonds is 4. The Kier molecular flexibility index (Phi) is 3.78. The molecular formula is C15H19N3O2. The molecule has 1 aliphatic heterocycles. The second kappa shape index (κ2) is 5.71. The number of hydrogen-bond donors (Lipinski definition) is 1. The average molecular weight is 273 g/mol. The third-order valence-electron chi connectivity index (χ3n) is 4.13. The number of nitrogens with zero attached hydrogens (tertiary/aromatic N) is 2. The van der Waals surface area contributed by atoms with E-state index in [4.69, 9.17) is 0 Å². The molecule has 2 aliphatic rings. The number of aromatic nitrogens is 1. The largest absolute Gasteiger partial charge is 0.300 e. The number of nitrogens with one attached hydrogen (secondary N) is 1. The SMILES string of the molecule is O=C1CC(NCc2ccccn2)C(=O)N1C1CCCC1. The highest BCUT2D eigenvalue weighted by molar-refractivity contribution is 6.05. The summed E-state index contributed by atoms with van der Waals surface area (Å²) < 4.78 is 0. The molecular weight excluding hydrogens is 254 g/mol. The first-order valence-corrected chi connectivity index (χ1v) is 7.25. The molecule has 1 aromatic rings. The zero-order valence-electron chi connectivity index (χ0n) is 11.4. The van der Waals surface area contributed by atoms with Crippen LogP contribution in [0.3, 0.4) is 0 Å². The standard InChI is InChI=1S/C15H19N3O2/c19-14-9-13(17-10-11-5-3-4-8-16-11)15(20)18(14)12-6-1-2-7-12/h3-5,8,12-13,17H,1-2,6-7,9-10H2. The molecule has 3 rings (SSSR count). The Morgan fingerprint density at radius 3 is 2.75 bits per heavy atom. The van der Waals surface area contributed by atoms with Gasteiger partial charge < -0.3 is 0 Å². The first-order valence-electron chi connectivity index (χ1n) is 7.25. The predicted octanol–water partition coefficient (Wildman–Crippen LogP) is 1.24. The Balaban J connectivity index is 1.61. The van der Waals surface area contributed by atoms with Crippen LogP contribution in [0.1, 0.15) is 37.8 Å². The first-order chi connectivity index (χ1) is 9.75. The van der Waals surface area contributed by atoms with Gasteiger partial charge in [0.15, 0.2) is 0 Å². The first kappa shape index (κ1) is 13.2. The summed E-state index contributed by atoms with van der Waals surface area (Å²) in [7, 11) is 0. The second-order valence-electron chi connectivity index (χ2n) is 5.50. The summed E-state index contributed by atoms with van der Waals surface area (Å²) in [5.41, 5.74) is 0.882. The molecule has 0 aromatic carbocycles. The van der Waals surface area contributed by atoms with Gasteiger partial charge in [-0.15, -0.1) is 0 Å². The Morgan fingerprint density at radius 2 is 2.05 bits per heavy atom. The molecule has 2 heterocycles. The Hall–Kier alpha value is -1.75. The molecule has 5 heteroatoms. The monoisotopic (exact) mass is 273 g/mol. The van der Waals surface area contributed by atoms with Gasteiger partial charge in [-0.25, -0.2) is 0 Å². The van der Waals surface area contributed by atoms with Crippen LogP contribution in [0.25, 0.3) is 0 Å². The number of likely N-dealkylation sites (tertiary alicyclic amines) is 1. The van der Waals surface area contributed by atoms with Crippen LogP contribution >= 0.6 is 0 Å². The van der Waals surface area contributed by atoms with Crippen LogP contribution in [0.4, 0.5) is 0 Å². The van der Waals surface area contributed by atoms with Crippen LogP contribution < -0.4 is 5.32 Å². The fourth-order valence-electron chi connectivity index (χ4n) is 3.09. The molecule has 1 aromatic heterocycles. The van der Waals surface area contributed by atoms with Crippen molar-refractivity contribution in [2.24, 2.45) is 0 Å². The van der Waals surface area contributed by atoms with Crippen LogP contribution in [0.15, 0.2) is 24.4 Å². The van der Waals surface area contributed by atoms with Crippen molar-refractivity contribution in [3.05, 3.63) is 30.1 Å². The van der Waals surface area contributed by atoms with E-state index >= 15 is 0 Å². The second-order valence-corrected chi connectivity index (χ2v) is 5.50. The van der Waals surface area contributed by atoms with Crippen molar-refractivity contribution < 1.29 is 9.59 Å². The van der Waals surface area contributed by atoms with Crippen molar-refractivity contribution in [2.45, 2.75) is 50.7 Å². The van der Waals surface area contributed by atoms with E-state index in [-0.39, 0.29) is 30.3 Å². The maximum atomic E-state index is 12.3. The Morgan fingerprint density at radius 1 is 1.25 bits per heavy atom. The topological polar surface area (TPSA) is 62.3 Å². The lowest BCUT2D eigenvalue weighted by Gasteiger charge is -2.22. The zero-order chi connectivity index (χ0) is 13.9. The van der Waals surface area contributed by atoms with Gasteiger partial charge in [0.1, 0.15) is 0 Å². The summed E-state index contributed by atoms with van der Waals surface area (Å²) >= 11 is 0. The van der Waals surface area contributed by atoms with Gasteiger partial charge in [0.25, 0.3) is 0 Å². The summed E-state index contributed by atoms with van der Waals surface area (Å²) in [6.07, 6.45) is 6.17. The minimum atomic E-state index is -0.384. The average Bonchev–Trinajstić information content (AvgIpc) is 3.06. The summed E-state index contributed by atoms with van der Waals surface area (Å²) in [4.78, 5) is 30.1. The number of amides is 2. The van der Waals surface area contributed by atoms with Gasteiger partial charge >= 0.3 is 0 Å². The van der Waals surface area contributed by atoms with Gasteiger partial charge in [0, 0.05) is 18.8 Å². The Labute approximate surface area is 118 Å². The number of pyridine rings is 1. The fraction of sp³-hybridized carbons (Fsp3) is 0.533. The zero-order valence-corrected chi connectivity index (χ0v) is 11.4.